The van der Waals surface area contributed by atoms with E-state index in [0.29, 0.717) is 6.61 Å². The highest BCUT2D eigenvalue weighted by atomic mass is 16.5. The zero-order valence-electron chi connectivity index (χ0n) is 9.54. The van der Waals surface area contributed by atoms with E-state index in [0.717, 1.165) is 25.2 Å². The van der Waals surface area contributed by atoms with E-state index < -0.39 is 0 Å². The molecule has 1 N–H and O–H groups in total. The fourth-order valence-electron chi connectivity index (χ4n) is 2.11. The molecule has 1 aliphatic carbocycles. The van der Waals surface area contributed by atoms with Crippen molar-refractivity contribution in [1.29, 1.82) is 0 Å². The average molecular weight is 200 g/mol. The minimum Gasteiger partial charge on any atom is -0.390 e. The number of aliphatic hydroxyl groups is 1. The third-order valence-electron chi connectivity index (χ3n) is 3.18. The van der Waals surface area contributed by atoms with Crippen molar-refractivity contribution in [3.63, 3.8) is 0 Å². The van der Waals surface area contributed by atoms with Crippen LogP contribution in [0.25, 0.3) is 0 Å². The molecule has 1 saturated carbocycles. The second-order valence-electron chi connectivity index (χ2n) is 4.38. The fraction of sp³-hybridized carbons (Fsp3) is 1.00. The van der Waals surface area contributed by atoms with E-state index in [9.17, 15) is 5.11 Å². The Morgan fingerprint density at radius 2 is 2.07 bits per heavy atom. The van der Waals surface area contributed by atoms with Gasteiger partial charge in [-0.1, -0.05) is 32.6 Å². The Morgan fingerprint density at radius 1 is 1.36 bits per heavy atom. The minimum atomic E-state index is -0.236. The van der Waals surface area contributed by atoms with E-state index >= 15 is 0 Å². The Kier molecular flexibility index (Phi) is 5.49. The maximum Gasteiger partial charge on any atom is 0.0833 e. The summed E-state index contributed by atoms with van der Waals surface area (Å²) in [6, 6.07) is 0. The van der Waals surface area contributed by atoms with Gasteiger partial charge in [0, 0.05) is 6.61 Å². The van der Waals surface area contributed by atoms with Gasteiger partial charge in [-0.3, -0.25) is 0 Å². The number of ether oxygens (including phenoxy) is 1. The highest BCUT2D eigenvalue weighted by molar-refractivity contribution is 4.77. The lowest BCUT2D eigenvalue weighted by Gasteiger charge is -2.31. The van der Waals surface area contributed by atoms with Crippen molar-refractivity contribution in [1.82, 2.24) is 0 Å². The first-order chi connectivity index (χ1) is 6.77. The molecular weight excluding hydrogens is 176 g/mol. The number of aliphatic hydroxyl groups excluding tert-OH is 1. The van der Waals surface area contributed by atoms with Crippen LogP contribution in [-0.2, 0) is 4.74 Å². The molecule has 2 nitrogen and oxygen atoms in total. The van der Waals surface area contributed by atoms with Crippen molar-refractivity contribution < 1.29 is 9.84 Å². The molecule has 0 aliphatic heterocycles. The minimum absolute atomic E-state index is 0.0746. The van der Waals surface area contributed by atoms with Crippen LogP contribution in [0.4, 0.5) is 0 Å². The zero-order chi connectivity index (χ0) is 10.4. The molecule has 0 amide bonds. The van der Waals surface area contributed by atoms with E-state index in [4.69, 9.17) is 4.74 Å². The molecule has 0 aromatic carbocycles. The summed E-state index contributed by atoms with van der Waals surface area (Å²) in [5.41, 5.74) is 0. The highest BCUT2D eigenvalue weighted by Gasteiger charge is 2.25. The third kappa shape index (κ3) is 3.58. The molecule has 0 aromatic rings. The van der Waals surface area contributed by atoms with Crippen LogP contribution in [0.3, 0.4) is 0 Å². The monoisotopic (exact) mass is 200 g/mol. The van der Waals surface area contributed by atoms with Crippen molar-refractivity contribution >= 4 is 0 Å². The van der Waals surface area contributed by atoms with Crippen LogP contribution < -0.4 is 0 Å². The number of hydrogen-bond acceptors (Lipinski definition) is 2. The van der Waals surface area contributed by atoms with Gasteiger partial charge in [0.1, 0.15) is 0 Å². The van der Waals surface area contributed by atoms with Gasteiger partial charge in [-0.15, -0.1) is 0 Å². The lowest BCUT2D eigenvalue weighted by Crippen LogP contribution is -2.32. The van der Waals surface area contributed by atoms with E-state index in [1.54, 1.807) is 0 Å². The van der Waals surface area contributed by atoms with Crippen LogP contribution in [0.5, 0.6) is 0 Å². The largest absolute Gasteiger partial charge is 0.390 e. The Labute approximate surface area is 87.7 Å². The Morgan fingerprint density at radius 3 is 2.50 bits per heavy atom. The smallest absolute Gasteiger partial charge is 0.0833 e. The molecule has 0 aromatic heterocycles. The molecule has 0 bridgehead atoms. The summed E-state index contributed by atoms with van der Waals surface area (Å²) in [5.74, 6) is 0.768. The summed E-state index contributed by atoms with van der Waals surface area (Å²) in [5, 5.41) is 9.98. The molecule has 2 atom stereocenters. The van der Waals surface area contributed by atoms with Crippen LogP contribution in [-0.4, -0.2) is 23.9 Å². The van der Waals surface area contributed by atoms with E-state index in [2.05, 4.69) is 6.92 Å². The Balaban J connectivity index is 2.24. The van der Waals surface area contributed by atoms with Crippen LogP contribution >= 0.6 is 0 Å². The van der Waals surface area contributed by atoms with Crippen LogP contribution in [0.15, 0.2) is 0 Å². The van der Waals surface area contributed by atoms with Gasteiger partial charge >= 0.3 is 0 Å². The molecule has 1 rings (SSSR count). The van der Waals surface area contributed by atoms with E-state index in [1.807, 2.05) is 6.92 Å². The Bertz CT molecular complexity index is 137. The zero-order valence-corrected chi connectivity index (χ0v) is 9.54. The lowest BCUT2D eigenvalue weighted by atomic mass is 9.80. The number of hydrogen-bond donors (Lipinski definition) is 1. The normalized spacial score (nSPS) is 21.6. The summed E-state index contributed by atoms with van der Waals surface area (Å²) >= 11 is 0. The molecule has 84 valence electrons. The van der Waals surface area contributed by atoms with Crippen LogP contribution in [0, 0.1) is 5.92 Å². The van der Waals surface area contributed by atoms with Gasteiger partial charge in [-0.25, -0.2) is 0 Å². The predicted molar refractivity (Wildman–Crippen MR) is 58.3 cm³/mol. The predicted octanol–water partition coefficient (Wildman–Crippen LogP) is 2.74. The maximum absolute atomic E-state index is 9.98. The van der Waals surface area contributed by atoms with Gasteiger partial charge in [0.2, 0.25) is 0 Å². The molecule has 0 saturated heterocycles. The molecule has 1 aliphatic rings. The summed E-state index contributed by atoms with van der Waals surface area (Å²) < 4.78 is 5.56. The molecule has 1 fully saturated rings. The van der Waals surface area contributed by atoms with E-state index in [1.165, 1.54) is 19.3 Å². The van der Waals surface area contributed by atoms with Crippen molar-refractivity contribution in [2.24, 2.45) is 5.92 Å². The first-order valence-corrected chi connectivity index (χ1v) is 6.07. The van der Waals surface area contributed by atoms with Gasteiger partial charge in [-0.2, -0.15) is 0 Å². The molecule has 0 spiro atoms. The lowest BCUT2D eigenvalue weighted by molar-refractivity contribution is -0.0503. The highest BCUT2D eigenvalue weighted by Crippen LogP contribution is 2.31. The van der Waals surface area contributed by atoms with Crippen LogP contribution in [0.1, 0.15) is 52.4 Å². The molecule has 2 unspecified atom stereocenters. The molecule has 14 heavy (non-hydrogen) atoms. The maximum atomic E-state index is 9.98. The molecule has 2 heteroatoms. The summed E-state index contributed by atoms with van der Waals surface area (Å²) in [7, 11) is 0. The quantitative estimate of drug-likeness (QED) is 0.684. The van der Waals surface area contributed by atoms with E-state index in [-0.39, 0.29) is 12.2 Å². The first kappa shape index (κ1) is 12.0. The SMILES string of the molecule is CCCC(OCC)C(O)CC1CCC1. The molecule has 0 radical (unpaired) electrons. The molecule has 0 heterocycles. The summed E-state index contributed by atoms with van der Waals surface area (Å²) in [4.78, 5) is 0. The summed E-state index contributed by atoms with van der Waals surface area (Å²) in [6.45, 7) is 4.85. The van der Waals surface area contributed by atoms with Gasteiger partial charge in [-0.05, 0) is 25.7 Å². The fourth-order valence-corrected chi connectivity index (χ4v) is 2.11. The topological polar surface area (TPSA) is 29.5 Å². The van der Waals surface area contributed by atoms with Gasteiger partial charge < -0.3 is 9.84 Å². The van der Waals surface area contributed by atoms with Gasteiger partial charge in [0.15, 0.2) is 0 Å². The van der Waals surface area contributed by atoms with Gasteiger partial charge in [0.25, 0.3) is 0 Å². The van der Waals surface area contributed by atoms with Crippen molar-refractivity contribution in [3.8, 4) is 0 Å². The van der Waals surface area contributed by atoms with Crippen molar-refractivity contribution in [3.05, 3.63) is 0 Å². The Hall–Kier alpha value is -0.0800. The average Bonchev–Trinajstić information content (AvgIpc) is 2.11. The second kappa shape index (κ2) is 6.41. The number of rotatable bonds is 7. The van der Waals surface area contributed by atoms with Crippen LogP contribution in [0.2, 0.25) is 0 Å². The summed E-state index contributed by atoms with van der Waals surface area (Å²) in [6.07, 6.45) is 6.83. The van der Waals surface area contributed by atoms with Gasteiger partial charge in [0.05, 0.1) is 12.2 Å². The standard InChI is InChI=1S/C12H24O2/c1-3-6-12(14-4-2)11(13)9-10-7-5-8-10/h10-13H,3-9H2,1-2H3. The molecular formula is C12H24O2. The third-order valence-corrected chi connectivity index (χ3v) is 3.18. The first-order valence-electron chi connectivity index (χ1n) is 6.07. The van der Waals surface area contributed by atoms with Crippen molar-refractivity contribution in [2.75, 3.05) is 6.61 Å². The van der Waals surface area contributed by atoms with Crippen molar-refractivity contribution in [2.45, 2.75) is 64.6 Å². The second-order valence-corrected chi connectivity index (χ2v) is 4.38.